The van der Waals surface area contributed by atoms with Gasteiger partial charge in [-0.15, -0.1) is 0 Å². The summed E-state index contributed by atoms with van der Waals surface area (Å²) in [5.74, 6) is -0.812. The first kappa shape index (κ1) is 17.6. The number of nitrogens with zero attached hydrogens (tertiary/aromatic N) is 2. The standard InChI is InChI=1S/C16H14N4O5/c17-15(21)10-25-12-7-5-11(6-8-12)9-18-19-16(22)13-3-1-2-4-14(13)20(23)24/h1-9H,10H2,(H2,17,21)(H,19,22)/b18-9-. The molecule has 9 heteroatoms. The van der Waals surface area contributed by atoms with Gasteiger partial charge in [-0.3, -0.25) is 19.7 Å². The van der Waals surface area contributed by atoms with Crippen LogP contribution >= 0.6 is 0 Å². The van der Waals surface area contributed by atoms with Gasteiger partial charge in [-0.2, -0.15) is 5.10 Å². The molecule has 0 saturated carbocycles. The highest BCUT2D eigenvalue weighted by Gasteiger charge is 2.18. The Morgan fingerprint density at radius 2 is 1.88 bits per heavy atom. The lowest BCUT2D eigenvalue weighted by atomic mass is 10.2. The van der Waals surface area contributed by atoms with Gasteiger partial charge in [0.25, 0.3) is 17.5 Å². The molecule has 3 N–H and O–H groups in total. The molecule has 0 radical (unpaired) electrons. The van der Waals surface area contributed by atoms with Crippen LogP contribution in [-0.2, 0) is 4.79 Å². The van der Waals surface area contributed by atoms with Crippen LogP contribution in [-0.4, -0.2) is 29.6 Å². The van der Waals surface area contributed by atoms with Crippen molar-refractivity contribution in [1.29, 1.82) is 0 Å². The maximum atomic E-state index is 12.0. The van der Waals surface area contributed by atoms with E-state index in [9.17, 15) is 19.7 Å². The first-order chi connectivity index (χ1) is 12.0. The molecule has 0 aromatic heterocycles. The van der Waals surface area contributed by atoms with Crippen LogP contribution in [0.4, 0.5) is 5.69 Å². The number of ether oxygens (including phenoxy) is 1. The second kappa shape index (κ2) is 8.20. The van der Waals surface area contributed by atoms with Crippen LogP contribution in [0.15, 0.2) is 53.6 Å². The van der Waals surface area contributed by atoms with Crippen LogP contribution in [0.2, 0.25) is 0 Å². The number of primary amides is 1. The molecule has 0 spiro atoms. The summed E-state index contributed by atoms with van der Waals surface area (Å²) in [6, 6.07) is 12.1. The highest BCUT2D eigenvalue weighted by Crippen LogP contribution is 2.17. The summed E-state index contributed by atoms with van der Waals surface area (Å²) in [5, 5.41) is 14.7. The number of para-hydroxylation sites is 1. The Balaban J connectivity index is 1.98. The molecule has 0 aliphatic rings. The molecule has 0 heterocycles. The van der Waals surface area contributed by atoms with Crippen LogP contribution in [0.5, 0.6) is 5.75 Å². The number of carbonyl (C=O) groups is 2. The van der Waals surface area contributed by atoms with Crippen molar-refractivity contribution in [3.8, 4) is 5.75 Å². The number of rotatable bonds is 7. The highest BCUT2D eigenvalue weighted by atomic mass is 16.6. The predicted octanol–water partition coefficient (Wildman–Crippen LogP) is 1.22. The lowest BCUT2D eigenvalue weighted by Gasteiger charge is -2.03. The molecule has 128 valence electrons. The van der Waals surface area contributed by atoms with Crippen molar-refractivity contribution >= 4 is 23.7 Å². The van der Waals surface area contributed by atoms with Crippen LogP contribution in [0.3, 0.4) is 0 Å². The Labute approximate surface area is 142 Å². The van der Waals surface area contributed by atoms with Gasteiger partial charge in [0.2, 0.25) is 0 Å². The van der Waals surface area contributed by atoms with E-state index in [4.69, 9.17) is 10.5 Å². The molecule has 0 fully saturated rings. The Bertz CT molecular complexity index is 818. The number of benzene rings is 2. The number of nitro groups is 1. The number of hydrogen-bond acceptors (Lipinski definition) is 6. The first-order valence-corrected chi connectivity index (χ1v) is 7.05. The quantitative estimate of drug-likeness (QED) is 0.443. The normalized spacial score (nSPS) is 10.4. The van der Waals surface area contributed by atoms with Crippen LogP contribution in [0.25, 0.3) is 0 Å². The number of nitrogens with one attached hydrogen (secondary N) is 1. The lowest BCUT2D eigenvalue weighted by molar-refractivity contribution is -0.385. The summed E-state index contributed by atoms with van der Waals surface area (Å²) < 4.78 is 5.11. The van der Waals surface area contributed by atoms with E-state index in [0.29, 0.717) is 11.3 Å². The number of hydrogen-bond donors (Lipinski definition) is 2. The predicted molar refractivity (Wildman–Crippen MR) is 89.3 cm³/mol. The van der Waals surface area contributed by atoms with Crippen LogP contribution in [0, 0.1) is 10.1 Å². The van der Waals surface area contributed by atoms with Crippen molar-refractivity contribution in [2.24, 2.45) is 10.8 Å². The van der Waals surface area contributed by atoms with Crippen molar-refractivity contribution in [1.82, 2.24) is 5.43 Å². The molecule has 2 aromatic rings. The van der Waals surface area contributed by atoms with Crippen molar-refractivity contribution < 1.29 is 19.2 Å². The van der Waals surface area contributed by atoms with Gasteiger partial charge in [0.1, 0.15) is 11.3 Å². The highest BCUT2D eigenvalue weighted by molar-refractivity contribution is 5.98. The van der Waals surface area contributed by atoms with Gasteiger partial charge in [-0.05, 0) is 35.9 Å². The van der Waals surface area contributed by atoms with Gasteiger partial charge in [0, 0.05) is 6.07 Å². The fourth-order valence-corrected chi connectivity index (χ4v) is 1.86. The number of amides is 2. The van der Waals surface area contributed by atoms with Crippen LogP contribution in [0.1, 0.15) is 15.9 Å². The maximum Gasteiger partial charge on any atom is 0.282 e. The van der Waals surface area contributed by atoms with Crippen molar-refractivity contribution in [2.45, 2.75) is 0 Å². The molecule has 2 rings (SSSR count). The number of nitro benzene ring substituents is 1. The maximum absolute atomic E-state index is 12.0. The molecule has 0 atom stereocenters. The van der Waals surface area contributed by atoms with E-state index in [1.54, 1.807) is 24.3 Å². The van der Waals surface area contributed by atoms with E-state index in [0.717, 1.165) is 0 Å². The van der Waals surface area contributed by atoms with E-state index < -0.39 is 16.7 Å². The lowest BCUT2D eigenvalue weighted by Crippen LogP contribution is -2.20. The number of nitrogens with two attached hydrogens (primary N) is 1. The zero-order valence-corrected chi connectivity index (χ0v) is 12.9. The third kappa shape index (κ3) is 5.13. The van der Waals surface area contributed by atoms with Gasteiger partial charge >= 0.3 is 0 Å². The van der Waals surface area contributed by atoms with Gasteiger partial charge in [-0.25, -0.2) is 5.43 Å². The molecule has 0 aliphatic heterocycles. The molecule has 9 nitrogen and oxygen atoms in total. The first-order valence-electron chi connectivity index (χ1n) is 7.05. The molecule has 0 bridgehead atoms. The number of hydrazone groups is 1. The second-order valence-corrected chi connectivity index (χ2v) is 4.80. The van der Waals surface area contributed by atoms with Gasteiger partial charge in [0.05, 0.1) is 11.1 Å². The molecule has 0 saturated heterocycles. The monoisotopic (exact) mass is 342 g/mol. The van der Waals surface area contributed by atoms with E-state index in [-0.39, 0.29) is 17.9 Å². The Morgan fingerprint density at radius 3 is 2.52 bits per heavy atom. The summed E-state index contributed by atoms with van der Waals surface area (Å²) >= 11 is 0. The minimum Gasteiger partial charge on any atom is -0.484 e. The fraction of sp³-hybridized carbons (Fsp3) is 0.0625. The largest absolute Gasteiger partial charge is 0.484 e. The summed E-state index contributed by atoms with van der Waals surface area (Å²) in [7, 11) is 0. The summed E-state index contributed by atoms with van der Waals surface area (Å²) in [4.78, 5) is 32.9. The van der Waals surface area contributed by atoms with Gasteiger partial charge in [0.15, 0.2) is 6.61 Å². The van der Waals surface area contributed by atoms with Crippen molar-refractivity contribution in [2.75, 3.05) is 6.61 Å². The average molecular weight is 342 g/mol. The minimum absolute atomic E-state index is 0.0835. The summed E-state index contributed by atoms with van der Waals surface area (Å²) in [5.41, 5.74) is 7.47. The zero-order valence-electron chi connectivity index (χ0n) is 12.9. The second-order valence-electron chi connectivity index (χ2n) is 4.80. The van der Waals surface area contributed by atoms with Crippen molar-refractivity contribution in [3.63, 3.8) is 0 Å². The fourth-order valence-electron chi connectivity index (χ4n) is 1.86. The molecule has 0 unspecified atom stereocenters. The number of carbonyl (C=O) groups excluding carboxylic acids is 2. The van der Waals surface area contributed by atoms with Crippen molar-refractivity contribution in [3.05, 3.63) is 69.8 Å². The molecule has 2 aromatic carbocycles. The Hall–Kier alpha value is -3.75. The molecule has 25 heavy (non-hydrogen) atoms. The summed E-state index contributed by atoms with van der Waals surface area (Å²) in [6.07, 6.45) is 1.37. The van der Waals surface area contributed by atoms with E-state index in [1.807, 2.05) is 0 Å². The SMILES string of the molecule is NC(=O)COc1ccc(/C=N\NC(=O)c2ccccc2[N+](=O)[O-])cc1. The third-order valence-corrected chi connectivity index (χ3v) is 2.99. The Kier molecular flexibility index (Phi) is 5.77. The molecule has 2 amide bonds. The average Bonchev–Trinajstić information content (AvgIpc) is 2.60. The molecular weight excluding hydrogens is 328 g/mol. The summed E-state index contributed by atoms with van der Waals surface area (Å²) in [6.45, 7) is -0.223. The minimum atomic E-state index is -0.690. The van der Waals surface area contributed by atoms with Gasteiger partial charge in [-0.1, -0.05) is 12.1 Å². The van der Waals surface area contributed by atoms with Crippen LogP contribution < -0.4 is 15.9 Å². The Morgan fingerprint density at radius 1 is 1.20 bits per heavy atom. The van der Waals surface area contributed by atoms with E-state index >= 15 is 0 Å². The molecular formula is C16H14N4O5. The van der Waals surface area contributed by atoms with E-state index in [1.165, 1.54) is 30.5 Å². The smallest absolute Gasteiger partial charge is 0.282 e. The third-order valence-electron chi connectivity index (χ3n) is 2.99. The van der Waals surface area contributed by atoms with E-state index in [2.05, 4.69) is 10.5 Å². The topological polar surface area (TPSA) is 137 Å². The zero-order chi connectivity index (χ0) is 18.2. The van der Waals surface area contributed by atoms with Gasteiger partial charge < -0.3 is 10.5 Å². The molecule has 0 aliphatic carbocycles.